The van der Waals surface area contributed by atoms with Crippen molar-refractivity contribution in [1.82, 2.24) is 14.7 Å². The molecule has 178 valence electrons. The zero-order chi connectivity index (χ0) is 24.5. The van der Waals surface area contributed by atoms with E-state index in [2.05, 4.69) is 55.3 Å². The SMILES string of the molecule is COc1ccc(-n2nc(CN=O)c3c2C(=O)N(c2ccc(C(C)(C)CN(C)C)cc2)CC3)cc1. The fraction of sp³-hybridized carbons (Fsp3) is 0.385. The van der Waals surface area contributed by atoms with Crippen molar-refractivity contribution >= 4 is 11.6 Å². The van der Waals surface area contributed by atoms with Crippen molar-refractivity contribution in [2.75, 3.05) is 39.2 Å². The first-order valence-corrected chi connectivity index (χ1v) is 11.4. The molecule has 34 heavy (non-hydrogen) atoms. The molecule has 1 aromatic heterocycles. The molecule has 8 nitrogen and oxygen atoms in total. The van der Waals surface area contributed by atoms with Crippen molar-refractivity contribution in [2.24, 2.45) is 5.18 Å². The number of amides is 1. The highest BCUT2D eigenvalue weighted by atomic mass is 16.5. The maximum atomic E-state index is 13.7. The number of anilines is 1. The summed E-state index contributed by atoms with van der Waals surface area (Å²) in [5, 5.41) is 7.62. The molecule has 0 fully saturated rings. The lowest BCUT2D eigenvalue weighted by Crippen LogP contribution is -2.39. The Hall–Kier alpha value is -3.52. The van der Waals surface area contributed by atoms with Crippen LogP contribution in [0.25, 0.3) is 5.69 Å². The van der Waals surface area contributed by atoms with Crippen molar-refractivity contribution in [3.8, 4) is 11.4 Å². The number of benzene rings is 2. The van der Waals surface area contributed by atoms with Gasteiger partial charge >= 0.3 is 0 Å². The smallest absolute Gasteiger partial charge is 0.277 e. The predicted octanol–water partition coefficient (Wildman–Crippen LogP) is 4.19. The Bertz CT molecular complexity index is 1180. The van der Waals surface area contributed by atoms with Gasteiger partial charge in [-0.3, -0.25) is 4.79 Å². The summed E-state index contributed by atoms with van der Waals surface area (Å²) < 4.78 is 6.87. The Morgan fingerprint density at radius 3 is 2.29 bits per heavy atom. The molecule has 8 heteroatoms. The molecule has 0 unspecified atom stereocenters. The van der Waals surface area contributed by atoms with Crippen molar-refractivity contribution in [3.05, 3.63) is 76.0 Å². The molecular formula is C26H31N5O3. The van der Waals surface area contributed by atoms with E-state index >= 15 is 0 Å². The lowest BCUT2D eigenvalue weighted by molar-refractivity contribution is 0.0973. The number of likely N-dealkylation sites (N-methyl/N-ethyl adjacent to an activating group) is 1. The number of hydrogen-bond donors (Lipinski definition) is 0. The first-order valence-electron chi connectivity index (χ1n) is 11.4. The number of hydrogen-bond acceptors (Lipinski definition) is 6. The number of nitrogens with zero attached hydrogens (tertiary/aromatic N) is 5. The van der Waals surface area contributed by atoms with E-state index in [9.17, 15) is 9.70 Å². The van der Waals surface area contributed by atoms with Crippen LogP contribution in [0.3, 0.4) is 0 Å². The molecule has 0 aliphatic carbocycles. The van der Waals surface area contributed by atoms with Crippen LogP contribution in [0.15, 0.2) is 53.7 Å². The van der Waals surface area contributed by atoms with Crippen LogP contribution < -0.4 is 9.64 Å². The second-order valence-electron chi connectivity index (χ2n) is 9.55. The summed E-state index contributed by atoms with van der Waals surface area (Å²) in [6.45, 7) is 5.82. The number of methoxy groups -OCH3 is 1. The van der Waals surface area contributed by atoms with Gasteiger partial charge in [-0.1, -0.05) is 31.2 Å². The number of nitroso groups, excluding NO2 is 1. The van der Waals surface area contributed by atoms with Gasteiger partial charge in [-0.05, 0) is 62.5 Å². The lowest BCUT2D eigenvalue weighted by atomic mass is 9.84. The highest BCUT2D eigenvalue weighted by Crippen LogP contribution is 2.31. The van der Waals surface area contributed by atoms with Crippen LogP contribution in [0.2, 0.25) is 0 Å². The van der Waals surface area contributed by atoms with E-state index in [0.717, 1.165) is 23.5 Å². The van der Waals surface area contributed by atoms with Crippen molar-refractivity contribution in [3.63, 3.8) is 0 Å². The van der Waals surface area contributed by atoms with E-state index in [-0.39, 0.29) is 17.9 Å². The number of rotatable bonds is 8. The van der Waals surface area contributed by atoms with Gasteiger partial charge in [-0.2, -0.15) is 10.0 Å². The van der Waals surface area contributed by atoms with E-state index < -0.39 is 0 Å². The van der Waals surface area contributed by atoms with Gasteiger partial charge in [0.1, 0.15) is 18.0 Å². The van der Waals surface area contributed by atoms with E-state index in [1.165, 1.54) is 5.56 Å². The summed E-state index contributed by atoms with van der Waals surface area (Å²) in [5.74, 6) is 0.576. The van der Waals surface area contributed by atoms with E-state index in [0.29, 0.717) is 30.1 Å². The molecule has 1 amide bonds. The number of fused-ring (bicyclic) bond motifs is 1. The summed E-state index contributed by atoms with van der Waals surface area (Å²) in [6, 6.07) is 15.6. The van der Waals surface area contributed by atoms with Crippen LogP contribution in [-0.2, 0) is 18.4 Å². The van der Waals surface area contributed by atoms with Gasteiger partial charge in [-0.15, -0.1) is 0 Å². The average Bonchev–Trinajstić information content (AvgIpc) is 3.18. The second kappa shape index (κ2) is 9.38. The summed E-state index contributed by atoms with van der Waals surface area (Å²) in [5.41, 5.74) is 4.60. The Labute approximate surface area is 200 Å². The molecular weight excluding hydrogens is 430 g/mol. The molecule has 1 aliphatic heterocycles. The van der Waals surface area contributed by atoms with Crippen LogP contribution in [0.4, 0.5) is 5.69 Å². The molecule has 4 rings (SSSR count). The Kier molecular flexibility index (Phi) is 6.52. The van der Waals surface area contributed by atoms with Crippen molar-refractivity contribution < 1.29 is 9.53 Å². The third kappa shape index (κ3) is 4.46. The summed E-state index contributed by atoms with van der Waals surface area (Å²) in [6.07, 6.45) is 0.607. The molecule has 1 aliphatic rings. The maximum Gasteiger partial charge on any atom is 0.277 e. The lowest BCUT2D eigenvalue weighted by Gasteiger charge is -2.31. The number of aromatic nitrogens is 2. The van der Waals surface area contributed by atoms with Crippen molar-refractivity contribution in [1.29, 1.82) is 0 Å². The molecule has 0 saturated carbocycles. The number of ether oxygens (including phenoxy) is 1. The molecule has 0 N–H and O–H groups in total. The largest absolute Gasteiger partial charge is 0.497 e. The molecule has 3 aromatic rings. The maximum absolute atomic E-state index is 13.7. The zero-order valence-corrected chi connectivity index (χ0v) is 20.4. The van der Waals surface area contributed by atoms with E-state index in [4.69, 9.17) is 4.74 Å². The Morgan fingerprint density at radius 1 is 1.06 bits per heavy atom. The van der Waals surface area contributed by atoms with Gasteiger partial charge in [0.15, 0.2) is 0 Å². The van der Waals surface area contributed by atoms with Crippen LogP contribution in [0.5, 0.6) is 5.75 Å². The third-order valence-electron chi connectivity index (χ3n) is 6.30. The summed E-state index contributed by atoms with van der Waals surface area (Å²) in [4.78, 5) is 28.7. The fourth-order valence-electron chi connectivity index (χ4n) is 4.75. The zero-order valence-electron chi connectivity index (χ0n) is 20.4. The third-order valence-corrected chi connectivity index (χ3v) is 6.30. The standard InChI is InChI=1S/C26H31N5O3/c1-26(2,17-29(3)4)18-6-8-19(9-7-18)30-15-14-22-23(16-27-33)28-31(24(22)25(30)32)20-10-12-21(34-5)13-11-20/h6-13H,14-17H2,1-5H3. The van der Waals surface area contributed by atoms with Gasteiger partial charge in [0.2, 0.25) is 0 Å². The van der Waals surface area contributed by atoms with Crippen LogP contribution in [0.1, 0.15) is 41.2 Å². The minimum Gasteiger partial charge on any atom is -0.497 e. The first kappa shape index (κ1) is 23.6. The summed E-state index contributed by atoms with van der Waals surface area (Å²) in [7, 11) is 5.74. The monoisotopic (exact) mass is 461 g/mol. The van der Waals surface area contributed by atoms with Gasteiger partial charge in [-0.25, -0.2) is 4.68 Å². The van der Waals surface area contributed by atoms with Gasteiger partial charge in [0, 0.05) is 29.8 Å². The van der Waals surface area contributed by atoms with E-state index in [1.54, 1.807) is 16.7 Å². The Balaban J connectivity index is 1.69. The second-order valence-corrected chi connectivity index (χ2v) is 9.55. The van der Waals surface area contributed by atoms with Crippen molar-refractivity contribution in [2.45, 2.75) is 32.2 Å². The molecule has 0 bridgehead atoms. The molecule has 0 spiro atoms. The normalized spacial score (nSPS) is 13.8. The van der Waals surface area contributed by atoms with Crippen LogP contribution in [-0.4, -0.2) is 54.9 Å². The topological polar surface area (TPSA) is 80.0 Å². The molecule has 0 atom stereocenters. The van der Waals surface area contributed by atoms with Crippen LogP contribution in [0, 0.1) is 4.91 Å². The van der Waals surface area contributed by atoms with Gasteiger partial charge in [0.05, 0.1) is 18.5 Å². The molecule has 0 saturated heterocycles. The van der Waals surface area contributed by atoms with Gasteiger partial charge in [0.25, 0.3) is 5.91 Å². The number of carbonyl (C=O) groups excluding carboxylic acids is 1. The quantitative estimate of drug-likeness (QED) is 0.470. The Morgan fingerprint density at radius 2 is 1.71 bits per heavy atom. The summed E-state index contributed by atoms with van der Waals surface area (Å²) >= 11 is 0. The molecule has 2 aromatic carbocycles. The minimum absolute atomic E-state index is 0.00910. The molecule has 0 radical (unpaired) electrons. The highest BCUT2D eigenvalue weighted by molar-refractivity contribution is 6.07. The fourth-order valence-corrected chi connectivity index (χ4v) is 4.75. The first-order chi connectivity index (χ1) is 16.2. The molecule has 2 heterocycles. The highest BCUT2D eigenvalue weighted by Gasteiger charge is 2.33. The minimum atomic E-state index is -0.137. The number of carbonyl (C=O) groups is 1. The van der Waals surface area contributed by atoms with Crippen LogP contribution >= 0.6 is 0 Å². The van der Waals surface area contributed by atoms with E-state index in [1.807, 2.05) is 36.4 Å². The average molecular weight is 462 g/mol. The predicted molar refractivity (Wildman–Crippen MR) is 133 cm³/mol. The van der Waals surface area contributed by atoms with Gasteiger partial charge < -0.3 is 14.5 Å².